The molecule has 18 heavy (non-hydrogen) atoms. The van der Waals surface area contributed by atoms with Gasteiger partial charge in [0.05, 0.1) is 19.3 Å². The van der Waals surface area contributed by atoms with Crippen molar-refractivity contribution in [1.82, 2.24) is 5.32 Å². The third-order valence-electron chi connectivity index (χ3n) is 2.45. The van der Waals surface area contributed by atoms with Gasteiger partial charge in [-0.25, -0.2) is 0 Å². The van der Waals surface area contributed by atoms with E-state index in [0.29, 0.717) is 19.8 Å². The van der Waals surface area contributed by atoms with E-state index >= 15 is 0 Å². The Balaban J connectivity index is 2.12. The molecule has 0 aromatic heterocycles. The molecule has 0 aliphatic carbocycles. The van der Waals surface area contributed by atoms with Gasteiger partial charge in [0.1, 0.15) is 0 Å². The minimum atomic E-state index is -0.499. The zero-order valence-electron chi connectivity index (χ0n) is 10.3. The van der Waals surface area contributed by atoms with Crippen molar-refractivity contribution in [2.45, 2.75) is 12.5 Å². The fourth-order valence-electron chi connectivity index (χ4n) is 1.54. The molecule has 1 rings (SSSR count). The number of ether oxygens (including phenoxy) is 1. The highest BCUT2D eigenvalue weighted by Crippen LogP contribution is 2.17. The third kappa shape index (κ3) is 6.47. The number of aliphatic hydroxyl groups excluding tert-OH is 2. The average molecular weight is 318 g/mol. The van der Waals surface area contributed by atoms with Crippen molar-refractivity contribution in [2.24, 2.45) is 0 Å². The van der Waals surface area contributed by atoms with Crippen molar-refractivity contribution >= 4 is 15.9 Å². The zero-order valence-corrected chi connectivity index (χ0v) is 11.9. The minimum Gasteiger partial charge on any atom is -0.394 e. The van der Waals surface area contributed by atoms with Crippen molar-refractivity contribution in [3.05, 3.63) is 34.3 Å². The van der Waals surface area contributed by atoms with Crippen molar-refractivity contribution < 1.29 is 14.9 Å². The molecule has 1 aromatic rings. The Morgan fingerprint density at radius 2 is 2.17 bits per heavy atom. The summed E-state index contributed by atoms with van der Waals surface area (Å²) in [5.41, 5.74) is 0.897. The maximum absolute atomic E-state index is 9.94. The molecule has 0 bridgehead atoms. The van der Waals surface area contributed by atoms with E-state index in [0.717, 1.165) is 23.0 Å². The van der Waals surface area contributed by atoms with Crippen molar-refractivity contribution in [3.63, 3.8) is 0 Å². The van der Waals surface area contributed by atoms with Gasteiger partial charge in [0.2, 0.25) is 0 Å². The lowest BCUT2D eigenvalue weighted by molar-refractivity contribution is 0.0899. The molecular weight excluding hydrogens is 298 g/mol. The quantitative estimate of drug-likeness (QED) is 0.604. The van der Waals surface area contributed by atoms with Crippen LogP contribution in [0.2, 0.25) is 0 Å². The molecule has 102 valence electrons. The van der Waals surface area contributed by atoms with E-state index in [1.54, 1.807) is 0 Å². The summed E-state index contributed by atoms with van der Waals surface area (Å²) in [6.45, 7) is 2.39. The highest BCUT2D eigenvalue weighted by atomic mass is 79.9. The van der Waals surface area contributed by atoms with E-state index in [1.165, 1.54) is 0 Å². The molecule has 0 saturated heterocycles. The predicted molar refractivity (Wildman–Crippen MR) is 74.5 cm³/mol. The van der Waals surface area contributed by atoms with Crippen LogP contribution in [-0.4, -0.2) is 43.1 Å². The number of benzene rings is 1. The molecule has 4 nitrogen and oxygen atoms in total. The molecule has 0 radical (unpaired) electrons. The number of hydrogen-bond acceptors (Lipinski definition) is 4. The summed E-state index contributed by atoms with van der Waals surface area (Å²) < 4.78 is 6.10. The van der Waals surface area contributed by atoms with Crippen LogP contribution in [0.5, 0.6) is 0 Å². The Bertz CT molecular complexity index is 336. The van der Waals surface area contributed by atoms with Crippen molar-refractivity contribution in [1.29, 1.82) is 0 Å². The zero-order chi connectivity index (χ0) is 13.2. The van der Waals surface area contributed by atoms with Crippen LogP contribution in [0.1, 0.15) is 18.1 Å². The van der Waals surface area contributed by atoms with E-state index < -0.39 is 6.10 Å². The van der Waals surface area contributed by atoms with Gasteiger partial charge in [-0.3, -0.25) is 0 Å². The van der Waals surface area contributed by atoms with Gasteiger partial charge in [-0.1, -0.05) is 28.1 Å². The largest absolute Gasteiger partial charge is 0.394 e. The first-order valence-electron chi connectivity index (χ1n) is 6.07. The lowest BCUT2D eigenvalue weighted by Gasteiger charge is -2.12. The maximum atomic E-state index is 9.94. The monoisotopic (exact) mass is 317 g/mol. The molecule has 1 unspecified atom stereocenters. The Hall–Kier alpha value is -0.460. The van der Waals surface area contributed by atoms with Crippen LogP contribution in [-0.2, 0) is 4.74 Å². The summed E-state index contributed by atoms with van der Waals surface area (Å²) in [5, 5.41) is 21.6. The van der Waals surface area contributed by atoms with Crippen molar-refractivity contribution in [2.75, 3.05) is 32.9 Å². The van der Waals surface area contributed by atoms with E-state index in [-0.39, 0.29) is 6.61 Å². The van der Waals surface area contributed by atoms with Crippen LogP contribution < -0.4 is 5.32 Å². The molecule has 1 atom stereocenters. The number of halogens is 1. The first kappa shape index (κ1) is 15.6. The normalized spacial score (nSPS) is 12.6. The molecule has 0 fully saturated rings. The first-order chi connectivity index (χ1) is 8.74. The average Bonchev–Trinajstić information content (AvgIpc) is 2.37. The Morgan fingerprint density at radius 3 is 2.89 bits per heavy atom. The Kier molecular flexibility index (Phi) is 8.20. The molecule has 0 saturated carbocycles. The first-order valence-corrected chi connectivity index (χ1v) is 6.86. The summed E-state index contributed by atoms with van der Waals surface area (Å²) in [6, 6.07) is 7.66. The van der Waals surface area contributed by atoms with Crippen LogP contribution in [0.3, 0.4) is 0 Å². The molecule has 0 aliphatic rings. The second kappa shape index (κ2) is 9.47. The molecule has 1 aromatic carbocycles. The fourth-order valence-corrected chi connectivity index (χ4v) is 1.95. The molecule has 0 spiro atoms. The molecule has 5 heteroatoms. The number of aliphatic hydroxyl groups is 2. The predicted octanol–water partition coefficient (Wildman–Crippen LogP) is 1.47. The maximum Gasteiger partial charge on any atom is 0.0914 e. The van der Waals surface area contributed by atoms with Crippen LogP contribution in [0.25, 0.3) is 0 Å². The van der Waals surface area contributed by atoms with Gasteiger partial charge in [-0.15, -0.1) is 0 Å². The van der Waals surface area contributed by atoms with Gasteiger partial charge in [0, 0.05) is 17.6 Å². The van der Waals surface area contributed by atoms with Gasteiger partial charge >= 0.3 is 0 Å². The second-order valence-electron chi connectivity index (χ2n) is 3.96. The summed E-state index contributed by atoms with van der Waals surface area (Å²) >= 11 is 3.38. The Morgan fingerprint density at radius 1 is 1.33 bits per heavy atom. The molecule has 0 heterocycles. The highest BCUT2D eigenvalue weighted by molar-refractivity contribution is 9.10. The summed E-state index contributed by atoms with van der Waals surface area (Å²) in [5.74, 6) is 0. The highest BCUT2D eigenvalue weighted by Gasteiger charge is 2.06. The second-order valence-corrected chi connectivity index (χ2v) is 4.88. The van der Waals surface area contributed by atoms with Crippen molar-refractivity contribution in [3.8, 4) is 0 Å². The smallest absolute Gasteiger partial charge is 0.0914 e. The van der Waals surface area contributed by atoms with Gasteiger partial charge < -0.3 is 20.3 Å². The third-order valence-corrected chi connectivity index (χ3v) is 2.94. The summed E-state index contributed by atoms with van der Waals surface area (Å²) in [7, 11) is 0. The van der Waals surface area contributed by atoms with Crippen LogP contribution in [0.15, 0.2) is 28.7 Å². The van der Waals surface area contributed by atoms with E-state index in [4.69, 9.17) is 9.84 Å². The SMILES string of the molecule is OCCOCCCNCC(O)c1cccc(Br)c1. The van der Waals surface area contributed by atoms with Gasteiger partial charge in [-0.05, 0) is 30.7 Å². The standard InChI is InChI=1S/C13H20BrNO3/c14-12-4-1-3-11(9-12)13(17)10-15-5-2-7-18-8-6-16/h1,3-4,9,13,15-17H,2,5-8,10H2. The number of nitrogens with one attached hydrogen (secondary N) is 1. The van der Waals surface area contributed by atoms with E-state index in [9.17, 15) is 5.11 Å². The minimum absolute atomic E-state index is 0.0645. The van der Waals surface area contributed by atoms with Crippen LogP contribution in [0, 0.1) is 0 Å². The number of rotatable bonds is 9. The molecule has 3 N–H and O–H groups in total. The Labute approximate surface area is 116 Å². The lowest BCUT2D eigenvalue weighted by atomic mass is 10.1. The summed E-state index contributed by atoms with van der Waals surface area (Å²) in [4.78, 5) is 0. The van der Waals surface area contributed by atoms with Crippen LogP contribution in [0.4, 0.5) is 0 Å². The van der Waals surface area contributed by atoms with Gasteiger partial charge in [-0.2, -0.15) is 0 Å². The van der Waals surface area contributed by atoms with Gasteiger partial charge in [0.25, 0.3) is 0 Å². The fraction of sp³-hybridized carbons (Fsp3) is 0.538. The van der Waals surface area contributed by atoms with E-state index in [1.807, 2.05) is 24.3 Å². The van der Waals surface area contributed by atoms with Gasteiger partial charge in [0.15, 0.2) is 0 Å². The van der Waals surface area contributed by atoms with Crippen LogP contribution >= 0.6 is 15.9 Å². The summed E-state index contributed by atoms with van der Waals surface area (Å²) in [6.07, 6.45) is 0.367. The van der Waals surface area contributed by atoms with E-state index in [2.05, 4.69) is 21.2 Å². The molecular formula is C13H20BrNO3. The number of hydrogen-bond donors (Lipinski definition) is 3. The lowest BCUT2D eigenvalue weighted by Crippen LogP contribution is -2.23. The topological polar surface area (TPSA) is 61.7 Å². The molecule has 0 aliphatic heterocycles. The molecule has 0 amide bonds.